The Hall–Kier alpha value is -4.41. The van der Waals surface area contributed by atoms with Crippen LogP contribution in [0.4, 0.5) is 39.4 Å². The summed E-state index contributed by atoms with van der Waals surface area (Å²) in [5.74, 6) is -2.04. The average Bonchev–Trinajstić information content (AvgIpc) is 2.80. The van der Waals surface area contributed by atoms with Crippen LogP contribution in [0, 0.1) is 5.82 Å². The number of alkyl halides is 3. The minimum Gasteiger partial charge on any atom is -0.337 e. The molecule has 3 aromatic rings. The molecule has 4 amide bonds. The molecule has 7 nitrogen and oxygen atoms in total. The highest BCUT2D eigenvalue weighted by Gasteiger charge is 2.34. The van der Waals surface area contributed by atoms with E-state index in [0.717, 1.165) is 18.2 Å². The maximum atomic E-state index is 13.6. The monoisotopic (exact) mass is 488 g/mol. The first kappa shape index (κ1) is 25.2. The topological polar surface area (TPSA) is 99.3 Å². The van der Waals surface area contributed by atoms with Crippen molar-refractivity contribution in [3.8, 4) is 0 Å². The molecular formula is C24H20F4N4O3. The van der Waals surface area contributed by atoms with Gasteiger partial charge in [0.05, 0.1) is 11.3 Å². The SMILES string of the molecule is O=C(CCNC(=O)Nc1ccccc1)Nc1ccc(NC(=O)c2ccc(F)cc2)cc1C(F)(F)F. The van der Waals surface area contributed by atoms with Gasteiger partial charge >= 0.3 is 12.2 Å². The number of carbonyl (C=O) groups is 3. The molecule has 0 spiro atoms. The number of anilines is 3. The van der Waals surface area contributed by atoms with Crippen LogP contribution in [0.2, 0.25) is 0 Å². The quantitative estimate of drug-likeness (QED) is 0.342. The fourth-order valence-electron chi connectivity index (χ4n) is 2.97. The summed E-state index contributed by atoms with van der Waals surface area (Å²) in [7, 11) is 0. The molecule has 11 heteroatoms. The summed E-state index contributed by atoms with van der Waals surface area (Å²) < 4.78 is 53.7. The summed E-state index contributed by atoms with van der Waals surface area (Å²) in [6.45, 7) is -0.113. The Balaban J connectivity index is 1.59. The van der Waals surface area contributed by atoms with Gasteiger partial charge in [0.2, 0.25) is 5.91 Å². The second-order valence-electron chi connectivity index (χ2n) is 7.26. The van der Waals surface area contributed by atoms with E-state index in [9.17, 15) is 31.9 Å². The fourth-order valence-corrected chi connectivity index (χ4v) is 2.97. The number of nitrogens with one attached hydrogen (secondary N) is 4. The Morgan fingerprint density at radius 2 is 1.46 bits per heavy atom. The fraction of sp³-hybridized carbons (Fsp3) is 0.125. The highest BCUT2D eigenvalue weighted by Crippen LogP contribution is 2.36. The maximum absolute atomic E-state index is 13.6. The lowest BCUT2D eigenvalue weighted by Gasteiger charge is -2.16. The number of amides is 4. The van der Waals surface area contributed by atoms with Gasteiger partial charge in [-0.3, -0.25) is 9.59 Å². The number of para-hydroxylation sites is 1. The molecule has 35 heavy (non-hydrogen) atoms. The zero-order chi connectivity index (χ0) is 25.4. The van der Waals surface area contributed by atoms with Gasteiger partial charge in [0, 0.05) is 29.9 Å². The van der Waals surface area contributed by atoms with Crippen molar-refractivity contribution < 1.29 is 31.9 Å². The summed E-state index contributed by atoms with van der Waals surface area (Å²) in [5.41, 5.74) is -1.24. The first-order valence-corrected chi connectivity index (χ1v) is 10.3. The van der Waals surface area contributed by atoms with Crippen LogP contribution in [-0.4, -0.2) is 24.4 Å². The molecule has 0 fully saturated rings. The average molecular weight is 488 g/mol. The van der Waals surface area contributed by atoms with Gasteiger partial charge in [-0.25, -0.2) is 9.18 Å². The Morgan fingerprint density at radius 3 is 2.11 bits per heavy atom. The molecule has 0 bridgehead atoms. The molecule has 0 heterocycles. The van der Waals surface area contributed by atoms with Crippen molar-refractivity contribution in [2.75, 3.05) is 22.5 Å². The van der Waals surface area contributed by atoms with Gasteiger partial charge in [-0.05, 0) is 54.6 Å². The molecule has 3 aromatic carbocycles. The van der Waals surface area contributed by atoms with Crippen LogP contribution in [0.25, 0.3) is 0 Å². The first-order chi connectivity index (χ1) is 16.6. The second kappa shape index (κ2) is 11.1. The lowest BCUT2D eigenvalue weighted by atomic mass is 10.1. The molecule has 0 saturated carbocycles. The zero-order valence-electron chi connectivity index (χ0n) is 18.1. The molecule has 0 aliphatic carbocycles. The van der Waals surface area contributed by atoms with Crippen LogP contribution in [0.15, 0.2) is 72.8 Å². The van der Waals surface area contributed by atoms with Crippen molar-refractivity contribution in [2.24, 2.45) is 0 Å². The molecule has 182 valence electrons. The normalized spacial score (nSPS) is 10.9. The molecule has 4 N–H and O–H groups in total. The van der Waals surface area contributed by atoms with Gasteiger partial charge in [-0.1, -0.05) is 18.2 Å². The van der Waals surface area contributed by atoms with E-state index in [2.05, 4.69) is 21.3 Å². The van der Waals surface area contributed by atoms with Crippen LogP contribution in [0.3, 0.4) is 0 Å². The van der Waals surface area contributed by atoms with Crippen LogP contribution in [0.5, 0.6) is 0 Å². The van der Waals surface area contributed by atoms with Crippen molar-refractivity contribution in [3.05, 3.63) is 89.7 Å². The minimum absolute atomic E-state index is 0.0566. The number of urea groups is 1. The van der Waals surface area contributed by atoms with E-state index < -0.39 is 41.1 Å². The van der Waals surface area contributed by atoms with E-state index in [1.807, 2.05) is 0 Å². The number of halogens is 4. The van der Waals surface area contributed by atoms with Gasteiger partial charge in [0.15, 0.2) is 0 Å². The van der Waals surface area contributed by atoms with E-state index in [1.54, 1.807) is 30.3 Å². The van der Waals surface area contributed by atoms with Crippen LogP contribution >= 0.6 is 0 Å². The van der Waals surface area contributed by atoms with E-state index in [0.29, 0.717) is 11.8 Å². The van der Waals surface area contributed by atoms with E-state index in [-0.39, 0.29) is 24.2 Å². The van der Waals surface area contributed by atoms with Gasteiger partial charge in [-0.15, -0.1) is 0 Å². The van der Waals surface area contributed by atoms with Gasteiger partial charge in [0.1, 0.15) is 5.82 Å². The summed E-state index contributed by atoms with van der Waals surface area (Å²) in [5, 5.41) is 9.47. The smallest absolute Gasteiger partial charge is 0.337 e. The highest BCUT2D eigenvalue weighted by molar-refractivity contribution is 6.04. The Labute approximate surface area is 197 Å². The Bertz CT molecular complexity index is 1200. The van der Waals surface area contributed by atoms with Crippen LogP contribution in [0.1, 0.15) is 22.3 Å². The number of hydrogen-bond acceptors (Lipinski definition) is 3. The third kappa shape index (κ3) is 7.56. The highest BCUT2D eigenvalue weighted by atomic mass is 19.4. The molecule has 0 unspecified atom stereocenters. The molecule has 0 aliphatic heterocycles. The molecule has 0 aliphatic rings. The lowest BCUT2D eigenvalue weighted by molar-refractivity contribution is -0.136. The van der Waals surface area contributed by atoms with Crippen molar-refractivity contribution in [3.63, 3.8) is 0 Å². The van der Waals surface area contributed by atoms with Gasteiger partial charge < -0.3 is 21.3 Å². The Morgan fingerprint density at radius 1 is 0.771 bits per heavy atom. The summed E-state index contributed by atoms with van der Waals surface area (Å²) in [4.78, 5) is 36.2. The van der Waals surface area contributed by atoms with Crippen LogP contribution in [-0.2, 0) is 11.0 Å². The Kier molecular flexibility index (Phi) is 8.03. The molecule has 0 radical (unpaired) electrons. The maximum Gasteiger partial charge on any atom is 0.418 e. The van der Waals surface area contributed by atoms with Crippen LogP contribution < -0.4 is 21.3 Å². The van der Waals surface area contributed by atoms with Crippen molar-refractivity contribution in [2.45, 2.75) is 12.6 Å². The van der Waals surface area contributed by atoms with Crippen molar-refractivity contribution >= 4 is 34.9 Å². The number of benzene rings is 3. The first-order valence-electron chi connectivity index (χ1n) is 10.3. The second-order valence-corrected chi connectivity index (χ2v) is 7.26. The number of hydrogen-bond donors (Lipinski definition) is 4. The third-order valence-corrected chi connectivity index (χ3v) is 4.63. The molecule has 0 saturated heterocycles. The largest absolute Gasteiger partial charge is 0.418 e. The number of rotatable bonds is 7. The van der Waals surface area contributed by atoms with Gasteiger partial charge in [0.25, 0.3) is 5.91 Å². The van der Waals surface area contributed by atoms with E-state index >= 15 is 0 Å². The van der Waals surface area contributed by atoms with Crippen molar-refractivity contribution in [1.82, 2.24) is 5.32 Å². The number of carbonyl (C=O) groups excluding carboxylic acids is 3. The van der Waals surface area contributed by atoms with E-state index in [4.69, 9.17) is 0 Å². The predicted octanol–water partition coefficient (Wildman–Crippen LogP) is 5.25. The zero-order valence-corrected chi connectivity index (χ0v) is 18.1. The summed E-state index contributed by atoms with van der Waals surface area (Å²) >= 11 is 0. The molecule has 0 atom stereocenters. The third-order valence-electron chi connectivity index (χ3n) is 4.63. The predicted molar refractivity (Wildman–Crippen MR) is 123 cm³/mol. The molecule has 0 aromatic heterocycles. The van der Waals surface area contributed by atoms with Crippen molar-refractivity contribution in [1.29, 1.82) is 0 Å². The lowest BCUT2D eigenvalue weighted by Crippen LogP contribution is -2.31. The molecular weight excluding hydrogens is 468 g/mol. The summed E-state index contributed by atoms with van der Waals surface area (Å²) in [6, 6.07) is 15.3. The standard InChI is InChI=1S/C24H20F4N4O3/c25-16-8-6-15(7-9-16)22(34)30-18-10-11-20(19(14-18)24(26,27)28)32-21(33)12-13-29-23(35)31-17-4-2-1-3-5-17/h1-11,14H,12-13H2,(H,30,34)(H,32,33)(H2,29,31,35). The minimum atomic E-state index is -4.83. The summed E-state index contributed by atoms with van der Waals surface area (Å²) in [6.07, 6.45) is -5.10. The van der Waals surface area contributed by atoms with E-state index in [1.165, 1.54) is 18.2 Å². The van der Waals surface area contributed by atoms with Gasteiger partial charge in [-0.2, -0.15) is 13.2 Å². The molecule has 3 rings (SSSR count).